The van der Waals surface area contributed by atoms with Crippen LogP contribution >= 0.6 is 22.7 Å². The van der Waals surface area contributed by atoms with Crippen LogP contribution in [-0.2, 0) is 11.2 Å². The van der Waals surface area contributed by atoms with Crippen molar-refractivity contribution < 1.29 is 9.53 Å². The first kappa shape index (κ1) is 20.0. The minimum absolute atomic E-state index is 0.206. The summed E-state index contributed by atoms with van der Waals surface area (Å²) in [6, 6.07) is 11.8. The minimum Gasteiger partial charge on any atom is -0.497 e. The summed E-state index contributed by atoms with van der Waals surface area (Å²) >= 11 is 3.31. The molecule has 0 atom stereocenters. The van der Waals surface area contributed by atoms with Crippen molar-refractivity contribution in [1.29, 1.82) is 0 Å². The maximum Gasteiger partial charge on any atom is 0.227 e. The number of carbonyl (C=O) groups is 1. The van der Waals surface area contributed by atoms with Crippen LogP contribution in [0.25, 0.3) is 16.0 Å². The van der Waals surface area contributed by atoms with Crippen molar-refractivity contribution in [2.45, 2.75) is 13.3 Å². The predicted molar refractivity (Wildman–Crippen MR) is 125 cm³/mol. The fourth-order valence-corrected chi connectivity index (χ4v) is 5.52. The summed E-state index contributed by atoms with van der Waals surface area (Å²) in [5, 5.41) is 7.69. The number of methoxy groups -OCH3 is 1. The van der Waals surface area contributed by atoms with Crippen molar-refractivity contribution in [1.82, 2.24) is 19.7 Å². The molecule has 5 rings (SSSR count). The standard InChI is InChI=1S/C22H23N5O2S2/c1-15-20-21(27(24-15)16-5-7-17(29-2)8-6-16)23-22(31-20)26-11-9-25(10-12-26)19(28)14-18-4-3-13-30-18/h3-8,13H,9-12,14H2,1-2H3. The summed E-state index contributed by atoms with van der Waals surface area (Å²) in [7, 11) is 1.66. The number of nitrogens with zero attached hydrogens (tertiary/aromatic N) is 5. The Morgan fingerprint density at radius 1 is 1.13 bits per heavy atom. The van der Waals surface area contributed by atoms with Gasteiger partial charge in [0.15, 0.2) is 10.8 Å². The first-order valence-corrected chi connectivity index (χ1v) is 11.9. The van der Waals surface area contributed by atoms with Crippen molar-refractivity contribution in [3.8, 4) is 11.4 Å². The van der Waals surface area contributed by atoms with E-state index in [0.717, 1.165) is 63.7 Å². The lowest BCUT2D eigenvalue weighted by Gasteiger charge is -2.34. The summed E-state index contributed by atoms with van der Waals surface area (Å²) in [5.74, 6) is 1.02. The van der Waals surface area contributed by atoms with Gasteiger partial charge in [-0.05, 0) is 42.6 Å². The third-order valence-electron chi connectivity index (χ3n) is 5.50. The van der Waals surface area contributed by atoms with Gasteiger partial charge in [0.2, 0.25) is 5.91 Å². The number of fused-ring (bicyclic) bond motifs is 1. The number of anilines is 1. The molecule has 7 nitrogen and oxygen atoms in total. The van der Waals surface area contributed by atoms with Crippen molar-refractivity contribution in [3.63, 3.8) is 0 Å². The Balaban J connectivity index is 1.31. The molecule has 4 aromatic rings. The first-order chi connectivity index (χ1) is 15.1. The van der Waals surface area contributed by atoms with Gasteiger partial charge < -0.3 is 14.5 Å². The molecule has 9 heteroatoms. The molecule has 0 bridgehead atoms. The van der Waals surface area contributed by atoms with Gasteiger partial charge in [-0.15, -0.1) is 11.3 Å². The number of benzene rings is 1. The lowest BCUT2D eigenvalue weighted by atomic mass is 10.2. The van der Waals surface area contributed by atoms with Crippen molar-refractivity contribution in [2.75, 3.05) is 38.2 Å². The average molecular weight is 454 g/mol. The highest BCUT2D eigenvalue weighted by Crippen LogP contribution is 2.33. The smallest absolute Gasteiger partial charge is 0.227 e. The molecule has 1 aliphatic rings. The van der Waals surface area contributed by atoms with E-state index >= 15 is 0 Å². The second-order valence-corrected chi connectivity index (χ2v) is 9.48. The zero-order chi connectivity index (χ0) is 21.4. The van der Waals surface area contributed by atoms with Crippen LogP contribution in [0.1, 0.15) is 10.6 Å². The number of piperazine rings is 1. The molecule has 0 N–H and O–H groups in total. The lowest BCUT2D eigenvalue weighted by molar-refractivity contribution is -0.130. The van der Waals surface area contributed by atoms with Crippen LogP contribution < -0.4 is 9.64 Å². The second-order valence-electron chi connectivity index (χ2n) is 7.47. The van der Waals surface area contributed by atoms with Crippen molar-refractivity contribution in [3.05, 3.63) is 52.3 Å². The first-order valence-electron chi connectivity index (χ1n) is 10.2. The van der Waals surface area contributed by atoms with Crippen LogP contribution in [0.2, 0.25) is 0 Å². The number of aromatic nitrogens is 3. The Labute approximate surface area is 188 Å². The van der Waals surface area contributed by atoms with Crippen LogP contribution in [0, 0.1) is 6.92 Å². The van der Waals surface area contributed by atoms with Crippen LogP contribution in [0.5, 0.6) is 5.75 Å². The fourth-order valence-electron chi connectivity index (χ4n) is 3.78. The molecule has 0 aliphatic carbocycles. The molecule has 0 unspecified atom stereocenters. The number of thiophene rings is 1. The molecule has 1 amide bonds. The van der Waals surface area contributed by atoms with Gasteiger partial charge in [0.05, 0.1) is 29.6 Å². The molecule has 0 saturated carbocycles. The molecule has 0 radical (unpaired) electrons. The van der Waals surface area contributed by atoms with E-state index in [1.54, 1.807) is 29.8 Å². The summed E-state index contributed by atoms with van der Waals surface area (Å²) < 4.78 is 8.25. The van der Waals surface area contributed by atoms with E-state index in [4.69, 9.17) is 9.72 Å². The maximum absolute atomic E-state index is 12.6. The maximum atomic E-state index is 12.6. The molecule has 3 aromatic heterocycles. The topological polar surface area (TPSA) is 63.5 Å². The van der Waals surface area contributed by atoms with Gasteiger partial charge in [0.25, 0.3) is 0 Å². The van der Waals surface area contributed by atoms with E-state index in [1.807, 2.05) is 58.3 Å². The molecule has 1 aliphatic heterocycles. The number of ether oxygens (including phenoxy) is 1. The number of hydrogen-bond donors (Lipinski definition) is 0. The molecule has 1 saturated heterocycles. The highest BCUT2D eigenvalue weighted by Gasteiger charge is 2.25. The SMILES string of the molecule is COc1ccc(-n2nc(C)c3sc(N4CCN(C(=O)Cc5cccs5)CC4)nc32)cc1. The molecule has 4 heterocycles. The molecular formula is C22H23N5O2S2. The summed E-state index contributed by atoms with van der Waals surface area (Å²) in [5.41, 5.74) is 2.80. The number of amides is 1. The number of thiazole rings is 1. The van der Waals surface area contributed by atoms with E-state index in [1.165, 1.54) is 0 Å². The molecule has 1 aromatic carbocycles. The van der Waals surface area contributed by atoms with Gasteiger partial charge >= 0.3 is 0 Å². The molecule has 0 spiro atoms. The summed E-state index contributed by atoms with van der Waals surface area (Å²) in [6.07, 6.45) is 0.496. The Morgan fingerprint density at radius 3 is 2.58 bits per heavy atom. The number of hydrogen-bond acceptors (Lipinski definition) is 7. The van der Waals surface area contributed by atoms with E-state index in [9.17, 15) is 4.79 Å². The van der Waals surface area contributed by atoms with Gasteiger partial charge in [-0.25, -0.2) is 4.68 Å². The zero-order valence-corrected chi connectivity index (χ0v) is 19.1. The van der Waals surface area contributed by atoms with Crippen molar-refractivity contribution in [2.24, 2.45) is 0 Å². The summed E-state index contributed by atoms with van der Waals surface area (Å²) in [6.45, 7) is 5.06. The quantitative estimate of drug-likeness (QED) is 0.461. The zero-order valence-electron chi connectivity index (χ0n) is 17.4. The molecule has 1 fully saturated rings. The van der Waals surface area contributed by atoms with Gasteiger partial charge in [-0.2, -0.15) is 10.1 Å². The Hall–Kier alpha value is -2.91. The number of aryl methyl sites for hydroxylation is 1. The molecule has 31 heavy (non-hydrogen) atoms. The highest BCUT2D eigenvalue weighted by atomic mass is 32.1. The highest BCUT2D eigenvalue weighted by molar-refractivity contribution is 7.22. The number of rotatable bonds is 5. The molecule has 160 valence electrons. The van der Waals surface area contributed by atoms with Crippen molar-refractivity contribution >= 4 is 44.1 Å². The average Bonchev–Trinajstić information content (AvgIpc) is 3.53. The van der Waals surface area contributed by atoms with E-state index in [0.29, 0.717) is 6.42 Å². The Kier molecular flexibility index (Phi) is 5.37. The van der Waals surface area contributed by atoms with Gasteiger partial charge in [0, 0.05) is 31.1 Å². The van der Waals surface area contributed by atoms with Crippen LogP contribution in [0.15, 0.2) is 41.8 Å². The third kappa shape index (κ3) is 3.90. The lowest BCUT2D eigenvalue weighted by Crippen LogP contribution is -2.49. The summed E-state index contributed by atoms with van der Waals surface area (Å²) in [4.78, 5) is 22.9. The van der Waals surface area contributed by atoms with Crippen LogP contribution in [-0.4, -0.2) is 58.9 Å². The fraction of sp³-hybridized carbons (Fsp3) is 0.318. The predicted octanol–water partition coefficient (Wildman–Crippen LogP) is 3.75. The van der Waals surface area contributed by atoms with E-state index < -0.39 is 0 Å². The van der Waals surface area contributed by atoms with Gasteiger partial charge in [-0.3, -0.25) is 4.79 Å². The second kappa shape index (κ2) is 8.32. The van der Waals surface area contributed by atoms with Gasteiger partial charge in [0.1, 0.15) is 5.75 Å². The Morgan fingerprint density at radius 2 is 1.90 bits per heavy atom. The third-order valence-corrected chi connectivity index (χ3v) is 7.59. The van der Waals surface area contributed by atoms with E-state index in [-0.39, 0.29) is 5.91 Å². The van der Waals surface area contributed by atoms with Gasteiger partial charge in [-0.1, -0.05) is 17.4 Å². The van der Waals surface area contributed by atoms with E-state index in [2.05, 4.69) is 10.00 Å². The monoisotopic (exact) mass is 453 g/mol. The number of carbonyl (C=O) groups excluding carboxylic acids is 1. The normalized spacial score (nSPS) is 14.4. The largest absolute Gasteiger partial charge is 0.497 e. The van der Waals surface area contributed by atoms with Crippen LogP contribution in [0.4, 0.5) is 5.13 Å². The van der Waals surface area contributed by atoms with Crippen LogP contribution in [0.3, 0.4) is 0 Å². The molecular weight excluding hydrogens is 430 g/mol. The Bertz CT molecular complexity index is 1190. The minimum atomic E-state index is 0.206.